The maximum atomic E-state index is 12.6. The third-order valence-corrected chi connectivity index (χ3v) is 1.91. The highest BCUT2D eigenvalue weighted by Crippen LogP contribution is 2.29. The first-order valence-corrected chi connectivity index (χ1v) is 4.14. The van der Waals surface area contributed by atoms with Gasteiger partial charge in [-0.15, -0.1) is 0 Å². The summed E-state index contributed by atoms with van der Waals surface area (Å²) in [5.41, 5.74) is 3.77. The minimum absolute atomic E-state index is 0.0261. The van der Waals surface area contributed by atoms with E-state index in [0.29, 0.717) is 0 Å². The highest BCUT2D eigenvalue weighted by atomic mass is 19.3. The van der Waals surface area contributed by atoms with Crippen LogP contribution in [0.25, 0.3) is 0 Å². The lowest BCUT2D eigenvalue weighted by molar-refractivity contribution is -0.136. The predicted molar refractivity (Wildman–Crippen MR) is 49.7 cm³/mol. The number of pyridine rings is 1. The van der Waals surface area contributed by atoms with Crippen LogP contribution in [-0.4, -0.2) is 16.1 Å². The highest BCUT2D eigenvalue weighted by Gasteiger charge is 2.21. The first-order chi connectivity index (χ1) is 7.47. The van der Waals surface area contributed by atoms with Crippen LogP contribution in [0, 0.1) is 11.3 Å². The maximum absolute atomic E-state index is 12.6. The molecular formula is C9H7F2N3O2. The summed E-state index contributed by atoms with van der Waals surface area (Å²) in [6, 6.07) is 1.48. The van der Waals surface area contributed by atoms with Crippen LogP contribution in [-0.2, 0) is 11.2 Å². The zero-order chi connectivity index (χ0) is 12.3. The number of nitrogen functional groups attached to an aromatic ring is 1. The molecule has 0 bridgehead atoms. The average Bonchev–Trinajstić information content (AvgIpc) is 2.19. The standard InChI is InChI=1S/C9H7F2N3O2/c10-9(11)7-5(2-12)14-3-4(8(7)13)1-6(15)16/h3,9H,1H2,(H2,13,14)(H,15,16). The second-order valence-corrected chi connectivity index (χ2v) is 2.94. The molecule has 0 radical (unpaired) electrons. The molecule has 0 saturated carbocycles. The first kappa shape index (κ1) is 11.8. The van der Waals surface area contributed by atoms with Crippen LogP contribution in [0.15, 0.2) is 6.20 Å². The number of nitriles is 1. The number of carboxylic acid groups (broad SMARTS) is 1. The zero-order valence-electron chi connectivity index (χ0n) is 7.94. The Kier molecular flexibility index (Phi) is 3.35. The Morgan fingerprint density at radius 2 is 2.31 bits per heavy atom. The summed E-state index contributed by atoms with van der Waals surface area (Å²) in [5, 5.41) is 17.1. The fourth-order valence-electron chi connectivity index (χ4n) is 1.20. The fraction of sp³-hybridized carbons (Fsp3) is 0.222. The van der Waals surface area contributed by atoms with Crippen molar-refractivity contribution in [3.63, 3.8) is 0 Å². The predicted octanol–water partition coefficient (Wildman–Crippen LogP) is 1.10. The van der Waals surface area contributed by atoms with Gasteiger partial charge in [0.05, 0.1) is 12.0 Å². The van der Waals surface area contributed by atoms with Gasteiger partial charge >= 0.3 is 5.97 Å². The van der Waals surface area contributed by atoms with E-state index >= 15 is 0 Å². The molecule has 0 amide bonds. The van der Waals surface area contributed by atoms with Gasteiger partial charge in [0.2, 0.25) is 0 Å². The number of carboxylic acids is 1. The van der Waals surface area contributed by atoms with Crippen LogP contribution in [0.1, 0.15) is 23.2 Å². The molecule has 1 aromatic heterocycles. The van der Waals surface area contributed by atoms with Crippen molar-refractivity contribution in [2.24, 2.45) is 0 Å². The fourth-order valence-corrected chi connectivity index (χ4v) is 1.20. The number of nitrogens with zero attached hydrogens (tertiary/aromatic N) is 2. The van der Waals surface area contributed by atoms with E-state index in [0.717, 1.165) is 6.20 Å². The quantitative estimate of drug-likeness (QED) is 0.805. The lowest BCUT2D eigenvalue weighted by Gasteiger charge is -2.09. The van der Waals surface area contributed by atoms with Crippen LogP contribution in [0.5, 0.6) is 0 Å². The maximum Gasteiger partial charge on any atom is 0.307 e. The van der Waals surface area contributed by atoms with Gasteiger partial charge in [-0.3, -0.25) is 4.79 Å². The molecule has 0 aliphatic heterocycles. The lowest BCUT2D eigenvalue weighted by Crippen LogP contribution is -2.09. The molecule has 0 spiro atoms. The van der Waals surface area contributed by atoms with Crippen molar-refractivity contribution in [3.05, 3.63) is 23.0 Å². The van der Waals surface area contributed by atoms with Gasteiger partial charge in [0.1, 0.15) is 6.07 Å². The normalized spacial score (nSPS) is 10.1. The van der Waals surface area contributed by atoms with Crippen LogP contribution >= 0.6 is 0 Å². The molecule has 16 heavy (non-hydrogen) atoms. The zero-order valence-corrected chi connectivity index (χ0v) is 7.94. The molecule has 5 nitrogen and oxygen atoms in total. The van der Waals surface area contributed by atoms with E-state index in [2.05, 4.69) is 4.98 Å². The molecule has 0 fully saturated rings. The molecule has 0 aliphatic carbocycles. The number of hydrogen-bond donors (Lipinski definition) is 2. The summed E-state index contributed by atoms with van der Waals surface area (Å²) < 4.78 is 25.1. The van der Waals surface area contributed by atoms with Gasteiger partial charge in [-0.25, -0.2) is 13.8 Å². The molecule has 3 N–H and O–H groups in total. The first-order valence-electron chi connectivity index (χ1n) is 4.14. The van der Waals surface area contributed by atoms with Gasteiger partial charge in [0.25, 0.3) is 6.43 Å². The van der Waals surface area contributed by atoms with Crippen molar-refractivity contribution in [2.75, 3.05) is 5.73 Å². The molecule has 1 aromatic rings. The summed E-state index contributed by atoms with van der Waals surface area (Å²) in [7, 11) is 0. The third kappa shape index (κ3) is 2.23. The van der Waals surface area contributed by atoms with Crippen molar-refractivity contribution in [1.82, 2.24) is 4.98 Å². The van der Waals surface area contributed by atoms with E-state index in [4.69, 9.17) is 16.1 Å². The van der Waals surface area contributed by atoms with Gasteiger partial charge in [0, 0.05) is 17.4 Å². The van der Waals surface area contributed by atoms with E-state index in [1.807, 2.05) is 0 Å². The molecule has 7 heteroatoms. The highest BCUT2D eigenvalue weighted by molar-refractivity contribution is 5.74. The Balaban J connectivity index is 3.33. The Morgan fingerprint density at radius 1 is 1.69 bits per heavy atom. The van der Waals surface area contributed by atoms with E-state index in [-0.39, 0.29) is 11.3 Å². The SMILES string of the molecule is N#Cc1ncc(CC(=O)O)c(N)c1C(F)F. The van der Waals surface area contributed by atoms with Gasteiger partial charge in [-0.1, -0.05) is 0 Å². The van der Waals surface area contributed by atoms with Crippen molar-refractivity contribution in [3.8, 4) is 6.07 Å². The van der Waals surface area contributed by atoms with E-state index in [1.54, 1.807) is 0 Å². The smallest absolute Gasteiger partial charge is 0.307 e. The van der Waals surface area contributed by atoms with Crippen LogP contribution < -0.4 is 5.73 Å². The number of aliphatic carboxylic acids is 1. The average molecular weight is 227 g/mol. The van der Waals surface area contributed by atoms with Crippen molar-refractivity contribution in [1.29, 1.82) is 5.26 Å². The topological polar surface area (TPSA) is 100 Å². The molecule has 0 aromatic carbocycles. The van der Waals surface area contributed by atoms with Crippen LogP contribution in [0.4, 0.5) is 14.5 Å². The molecule has 0 atom stereocenters. The van der Waals surface area contributed by atoms with Gasteiger partial charge in [-0.05, 0) is 0 Å². The van der Waals surface area contributed by atoms with Gasteiger partial charge < -0.3 is 10.8 Å². The molecule has 1 heterocycles. The Morgan fingerprint density at radius 3 is 2.75 bits per heavy atom. The number of anilines is 1. The third-order valence-electron chi connectivity index (χ3n) is 1.91. The van der Waals surface area contributed by atoms with Crippen molar-refractivity contribution in [2.45, 2.75) is 12.8 Å². The second kappa shape index (κ2) is 4.53. The summed E-state index contributed by atoms with van der Waals surface area (Å²) in [4.78, 5) is 13.9. The number of aromatic nitrogens is 1. The van der Waals surface area contributed by atoms with Gasteiger partial charge in [-0.2, -0.15) is 5.26 Å². The number of nitrogens with two attached hydrogens (primary N) is 1. The number of halogens is 2. The van der Waals surface area contributed by atoms with Crippen LogP contribution in [0.3, 0.4) is 0 Å². The van der Waals surface area contributed by atoms with Crippen LogP contribution in [0.2, 0.25) is 0 Å². The number of hydrogen-bond acceptors (Lipinski definition) is 4. The summed E-state index contributed by atoms with van der Waals surface area (Å²) in [6.07, 6.45) is -2.45. The molecule has 0 unspecified atom stereocenters. The monoisotopic (exact) mass is 227 g/mol. The van der Waals surface area contributed by atoms with E-state index < -0.39 is 30.1 Å². The van der Waals surface area contributed by atoms with E-state index in [1.165, 1.54) is 6.07 Å². The molecular weight excluding hydrogens is 220 g/mol. The minimum atomic E-state index is -2.96. The van der Waals surface area contributed by atoms with Crippen molar-refractivity contribution < 1.29 is 18.7 Å². The van der Waals surface area contributed by atoms with Crippen molar-refractivity contribution >= 4 is 11.7 Å². The number of alkyl halides is 2. The second-order valence-electron chi connectivity index (χ2n) is 2.94. The Bertz CT molecular complexity index is 469. The molecule has 84 valence electrons. The number of carbonyl (C=O) groups is 1. The summed E-state index contributed by atoms with van der Waals surface area (Å²) >= 11 is 0. The van der Waals surface area contributed by atoms with Gasteiger partial charge in [0.15, 0.2) is 5.69 Å². The lowest BCUT2D eigenvalue weighted by atomic mass is 10.1. The Hall–Kier alpha value is -2.23. The van der Waals surface area contributed by atoms with E-state index in [9.17, 15) is 13.6 Å². The number of rotatable bonds is 3. The molecule has 0 aliphatic rings. The Labute approximate surface area is 89.1 Å². The molecule has 0 saturated heterocycles. The summed E-state index contributed by atoms with van der Waals surface area (Å²) in [6.45, 7) is 0. The molecule has 1 rings (SSSR count). The minimum Gasteiger partial charge on any atom is -0.481 e. The summed E-state index contributed by atoms with van der Waals surface area (Å²) in [5.74, 6) is -1.21. The largest absolute Gasteiger partial charge is 0.481 e.